The van der Waals surface area contributed by atoms with Crippen LogP contribution < -0.4 is 0 Å². The van der Waals surface area contributed by atoms with Crippen LogP contribution in [0, 0.1) is 12.8 Å². The highest BCUT2D eigenvalue weighted by Crippen LogP contribution is 2.31. The average Bonchev–Trinajstić information content (AvgIpc) is 3.15. The lowest BCUT2D eigenvalue weighted by Gasteiger charge is -2.31. The van der Waals surface area contributed by atoms with Crippen LogP contribution in [0.25, 0.3) is 0 Å². The van der Waals surface area contributed by atoms with Crippen molar-refractivity contribution >= 4 is 0 Å². The van der Waals surface area contributed by atoms with Gasteiger partial charge in [-0.05, 0) is 37.8 Å². The van der Waals surface area contributed by atoms with E-state index in [1.807, 2.05) is 24.7 Å². The zero-order valence-corrected chi connectivity index (χ0v) is 13.9. The van der Waals surface area contributed by atoms with E-state index >= 15 is 0 Å². The third kappa shape index (κ3) is 3.33. The van der Waals surface area contributed by atoms with Gasteiger partial charge in [0.2, 0.25) is 0 Å². The van der Waals surface area contributed by atoms with Gasteiger partial charge in [0.05, 0.1) is 18.8 Å². The number of rotatable bonds is 6. The molecule has 1 fully saturated rings. The molecule has 2 aromatic rings. The van der Waals surface area contributed by atoms with E-state index in [2.05, 4.69) is 21.3 Å². The van der Waals surface area contributed by atoms with E-state index in [0.29, 0.717) is 5.92 Å². The molecule has 2 aromatic heterocycles. The van der Waals surface area contributed by atoms with E-state index in [4.69, 9.17) is 9.15 Å². The normalized spacial score (nSPS) is 21.6. The molecule has 6 heteroatoms. The molecule has 0 radical (unpaired) electrons. The van der Waals surface area contributed by atoms with Gasteiger partial charge in [-0.15, -0.1) is 5.10 Å². The molecule has 1 saturated carbocycles. The minimum Gasteiger partial charge on any atom is -0.465 e. The standard InChI is InChI=1S/C17H24N4O2/c1-12-3-6-15(23-12)8-21-7-14(11-22-10-13-4-5-13)17-16(9-21)18-19-20(17)2/h3,6,13-14H,4-5,7-11H2,1-2H3/t14-/m1/s1. The second kappa shape index (κ2) is 6.09. The van der Waals surface area contributed by atoms with E-state index in [1.165, 1.54) is 18.5 Å². The van der Waals surface area contributed by atoms with Gasteiger partial charge in [0, 0.05) is 32.7 Å². The van der Waals surface area contributed by atoms with Gasteiger partial charge in [-0.3, -0.25) is 9.58 Å². The second-order valence-electron chi connectivity index (χ2n) is 6.90. The van der Waals surface area contributed by atoms with Gasteiger partial charge >= 0.3 is 0 Å². The fourth-order valence-corrected chi connectivity index (χ4v) is 3.40. The van der Waals surface area contributed by atoms with Crippen LogP contribution >= 0.6 is 0 Å². The van der Waals surface area contributed by atoms with Crippen molar-refractivity contribution in [3.05, 3.63) is 35.0 Å². The molecule has 1 aliphatic heterocycles. The molecule has 1 aliphatic carbocycles. The number of aromatic nitrogens is 3. The maximum absolute atomic E-state index is 5.96. The lowest BCUT2D eigenvalue weighted by Crippen LogP contribution is -2.36. The minimum absolute atomic E-state index is 0.327. The number of nitrogens with zero attached hydrogens (tertiary/aromatic N) is 4. The Morgan fingerprint density at radius 3 is 2.91 bits per heavy atom. The van der Waals surface area contributed by atoms with E-state index in [1.54, 1.807) is 0 Å². The van der Waals surface area contributed by atoms with Gasteiger partial charge in [-0.1, -0.05) is 5.21 Å². The summed E-state index contributed by atoms with van der Waals surface area (Å²) < 4.78 is 13.6. The fraction of sp³-hybridized carbons (Fsp3) is 0.647. The summed E-state index contributed by atoms with van der Waals surface area (Å²) in [6, 6.07) is 4.07. The maximum Gasteiger partial charge on any atom is 0.118 e. The summed E-state index contributed by atoms with van der Waals surface area (Å²) >= 11 is 0. The maximum atomic E-state index is 5.96. The lowest BCUT2D eigenvalue weighted by molar-refractivity contribution is 0.0849. The zero-order valence-electron chi connectivity index (χ0n) is 13.9. The van der Waals surface area contributed by atoms with Gasteiger partial charge in [0.1, 0.15) is 17.2 Å². The van der Waals surface area contributed by atoms with Crippen LogP contribution in [0.3, 0.4) is 0 Å². The van der Waals surface area contributed by atoms with Gasteiger partial charge in [-0.25, -0.2) is 0 Å². The molecule has 0 aromatic carbocycles. The Morgan fingerprint density at radius 1 is 1.30 bits per heavy atom. The Bertz CT molecular complexity index is 674. The minimum atomic E-state index is 0.327. The number of hydrogen-bond donors (Lipinski definition) is 0. The Kier molecular flexibility index (Phi) is 3.95. The number of furan rings is 1. The number of ether oxygens (including phenoxy) is 1. The average molecular weight is 316 g/mol. The molecular formula is C17H24N4O2. The molecule has 0 amide bonds. The molecule has 1 atom stereocenters. The lowest BCUT2D eigenvalue weighted by atomic mass is 9.99. The van der Waals surface area contributed by atoms with Gasteiger partial charge < -0.3 is 9.15 Å². The van der Waals surface area contributed by atoms with E-state index in [0.717, 1.165) is 56.0 Å². The summed E-state index contributed by atoms with van der Waals surface area (Å²) in [6.45, 7) is 6.21. The molecule has 3 heterocycles. The van der Waals surface area contributed by atoms with Crippen LogP contribution in [0.4, 0.5) is 0 Å². The summed E-state index contributed by atoms with van der Waals surface area (Å²) in [5.74, 6) is 3.09. The van der Waals surface area contributed by atoms with E-state index in [9.17, 15) is 0 Å². The molecule has 0 saturated heterocycles. The molecule has 0 unspecified atom stereocenters. The molecule has 4 rings (SSSR count). The Balaban J connectivity index is 1.45. The smallest absolute Gasteiger partial charge is 0.118 e. The van der Waals surface area contributed by atoms with Crippen LogP contribution in [0.5, 0.6) is 0 Å². The summed E-state index contributed by atoms with van der Waals surface area (Å²) in [5.41, 5.74) is 2.30. The molecule has 124 valence electrons. The number of aryl methyl sites for hydroxylation is 2. The van der Waals surface area contributed by atoms with Crippen LogP contribution in [-0.2, 0) is 24.9 Å². The van der Waals surface area contributed by atoms with Gasteiger partial charge in [0.15, 0.2) is 0 Å². The highest BCUT2D eigenvalue weighted by atomic mass is 16.5. The Morgan fingerprint density at radius 2 is 2.17 bits per heavy atom. The monoisotopic (exact) mass is 316 g/mol. The quantitative estimate of drug-likeness (QED) is 0.818. The van der Waals surface area contributed by atoms with Crippen molar-refractivity contribution in [2.75, 3.05) is 19.8 Å². The third-order valence-electron chi connectivity index (χ3n) is 4.73. The van der Waals surface area contributed by atoms with E-state index in [-0.39, 0.29) is 0 Å². The largest absolute Gasteiger partial charge is 0.465 e. The summed E-state index contributed by atoms with van der Waals surface area (Å²) in [5, 5.41) is 8.55. The van der Waals surface area contributed by atoms with Crippen molar-refractivity contribution in [3.63, 3.8) is 0 Å². The van der Waals surface area contributed by atoms with Gasteiger partial charge in [0.25, 0.3) is 0 Å². The van der Waals surface area contributed by atoms with Crippen molar-refractivity contribution in [3.8, 4) is 0 Å². The van der Waals surface area contributed by atoms with Crippen molar-refractivity contribution < 1.29 is 9.15 Å². The van der Waals surface area contributed by atoms with E-state index < -0.39 is 0 Å². The Labute approximate surface area is 136 Å². The predicted octanol–water partition coefficient (Wildman–Crippen LogP) is 2.24. The SMILES string of the molecule is Cc1ccc(CN2Cc3nnn(C)c3[C@@H](COCC3CC3)C2)o1. The molecule has 0 spiro atoms. The van der Waals surface area contributed by atoms with Crippen LogP contribution in [0.1, 0.15) is 41.7 Å². The molecule has 6 nitrogen and oxygen atoms in total. The van der Waals surface area contributed by atoms with Crippen molar-refractivity contribution in [2.45, 2.75) is 38.8 Å². The van der Waals surface area contributed by atoms with Crippen LogP contribution in [0.2, 0.25) is 0 Å². The fourth-order valence-electron chi connectivity index (χ4n) is 3.40. The zero-order chi connectivity index (χ0) is 15.8. The highest BCUT2D eigenvalue weighted by Gasteiger charge is 2.31. The molecule has 0 N–H and O–H groups in total. The Hall–Kier alpha value is -1.66. The summed E-state index contributed by atoms with van der Waals surface area (Å²) in [7, 11) is 1.98. The van der Waals surface area contributed by atoms with Crippen molar-refractivity contribution in [2.24, 2.45) is 13.0 Å². The predicted molar refractivity (Wildman–Crippen MR) is 84.8 cm³/mol. The summed E-state index contributed by atoms with van der Waals surface area (Å²) in [4.78, 5) is 2.38. The molecule has 2 aliphatic rings. The number of fused-ring (bicyclic) bond motifs is 1. The highest BCUT2D eigenvalue weighted by molar-refractivity contribution is 5.20. The van der Waals surface area contributed by atoms with Crippen molar-refractivity contribution in [1.82, 2.24) is 19.9 Å². The molecule has 23 heavy (non-hydrogen) atoms. The van der Waals surface area contributed by atoms with Crippen LogP contribution in [-0.4, -0.2) is 39.7 Å². The topological polar surface area (TPSA) is 56.3 Å². The number of hydrogen-bond acceptors (Lipinski definition) is 5. The van der Waals surface area contributed by atoms with Gasteiger partial charge in [-0.2, -0.15) is 0 Å². The molecular weight excluding hydrogens is 292 g/mol. The van der Waals surface area contributed by atoms with Crippen LogP contribution in [0.15, 0.2) is 16.5 Å². The first-order valence-electron chi connectivity index (χ1n) is 8.43. The third-order valence-corrected chi connectivity index (χ3v) is 4.73. The second-order valence-corrected chi connectivity index (χ2v) is 6.90. The first-order chi connectivity index (χ1) is 11.2. The first-order valence-corrected chi connectivity index (χ1v) is 8.43. The molecule has 0 bridgehead atoms. The summed E-state index contributed by atoms with van der Waals surface area (Å²) in [6.07, 6.45) is 2.65. The first kappa shape index (κ1) is 14.9. The van der Waals surface area contributed by atoms with Crippen molar-refractivity contribution in [1.29, 1.82) is 0 Å².